The SMILES string of the molecule is O=C(N[C@@H]1CS(=O)(=O)[C@H]2CN(C(=O)c3cnccn3)C[C@@H]12)c1ccoc1. The number of carbonyl (C=O) groups is 2. The van der Waals surface area contributed by atoms with Crippen LogP contribution in [0.5, 0.6) is 0 Å². The summed E-state index contributed by atoms with van der Waals surface area (Å²) in [5.74, 6) is -1.23. The van der Waals surface area contributed by atoms with Crippen molar-refractivity contribution in [3.8, 4) is 0 Å². The first-order valence-electron chi connectivity index (χ1n) is 8.05. The van der Waals surface area contributed by atoms with Crippen molar-refractivity contribution in [1.29, 1.82) is 0 Å². The molecule has 2 aliphatic heterocycles. The molecule has 3 atom stereocenters. The van der Waals surface area contributed by atoms with Gasteiger partial charge in [0.1, 0.15) is 12.0 Å². The zero-order chi connectivity index (χ0) is 18.3. The fourth-order valence-corrected chi connectivity index (χ4v) is 5.89. The van der Waals surface area contributed by atoms with E-state index in [9.17, 15) is 18.0 Å². The van der Waals surface area contributed by atoms with Crippen molar-refractivity contribution in [1.82, 2.24) is 20.2 Å². The first kappa shape index (κ1) is 16.7. The van der Waals surface area contributed by atoms with Crippen LogP contribution in [0.4, 0.5) is 0 Å². The molecular formula is C16H16N4O5S. The Morgan fingerprint density at radius 1 is 1.27 bits per heavy atom. The van der Waals surface area contributed by atoms with Crippen molar-refractivity contribution in [3.63, 3.8) is 0 Å². The maximum atomic E-state index is 12.5. The van der Waals surface area contributed by atoms with E-state index in [1.807, 2.05) is 0 Å². The van der Waals surface area contributed by atoms with Crippen LogP contribution in [0.25, 0.3) is 0 Å². The first-order valence-corrected chi connectivity index (χ1v) is 9.77. The number of sulfone groups is 1. The number of fused-ring (bicyclic) bond motifs is 1. The number of furan rings is 1. The number of hydrogen-bond acceptors (Lipinski definition) is 7. The van der Waals surface area contributed by atoms with E-state index in [4.69, 9.17) is 4.42 Å². The lowest BCUT2D eigenvalue weighted by Gasteiger charge is -2.20. The summed E-state index contributed by atoms with van der Waals surface area (Å²) in [7, 11) is -3.40. The minimum absolute atomic E-state index is 0.0977. The molecule has 0 aromatic carbocycles. The van der Waals surface area contributed by atoms with Crippen molar-refractivity contribution in [3.05, 3.63) is 48.4 Å². The number of hydrogen-bond donors (Lipinski definition) is 1. The molecule has 0 radical (unpaired) electrons. The number of nitrogens with one attached hydrogen (secondary N) is 1. The Labute approximate surface area is 149 Å². The highest BCUT2D eigenvalue weighted by Gasteiger charge is 2.53. The Hall–Kier alpha value is -2.75. The van der Waals surface area contributed by atoms with Crippen LogP contribution in [-0.4, -0.2) is 65.2 Å². The van der Waals surface area contributed by atoms with E-state index in [0.29, 0.717) is 5.56 Å². The summed E-state index contributed by atoms with van der Waals surface area (Å²) in [4.78, 5) is 34.1. The monoisotopic (exact) mass is 376 g/mol. The second-order valence-corrected chi connectivity index (χ2v) is 8.69. The van der Waals surface area contributed by atoms with Crippen LogP contribution in [0, 0.1) is 5.92 Å². The average Bonchev–Trinajstić information content (AvgIpc) is 3.34. The molecule has 2 amide bonds. The van der Waals surface area contributed by atoms with Gasteiger partial charge in [-0.3, -0.25) is 14.6 Å². The summed E-state index contributed by atoms with van der Waals surface area (Å²) < 4.78 is 29.9. The van der Waals surface area contributed by atoms with Gasteiger partial charge in [-0.25, -0.2) is 13.4 Å². The van der Waals surface area contributed by atoms with Gasteiger partial charge in [0.2, 0.25) is 0 Å². The summed E-state index contributed by atoms with van der Waals surface area (Å²) in [6.45, 7) is 0.343. The van der Waals surface area contributed by atoms with E-state index in [1.54, 1.807) is 0 Å². The highest BCUT2D eigenvalue weighted by molar-refractivity contribution is 7.92. The molecule has 9 nitrogen and oxygen atoms in total. The van der Waals surface area contributed by atoms with Crippen LogP contribution in [0.1, 0.15) is 20.8 Å². The second kappa shape index (κ2) is 6.20. The van der Waals surface area contributed by atoms with E-state index in [-0.39, 0.29) is 36.4 Å². The predicted octanol–water partition coefficient (Wildman–Crippen LogP) is -0.263. The van der Waals surface area contributed by atoms with Crippen molar-refractivity contribution >= 4 is 21.7 Å². The molecule has 0 bridgehead atoms. The lowest BCUT2D eigenvalue weighted by molar-refractivity contribution is 0.0778. The van der Waals surface area contributed by atoms with Crippen molar-refractivity contribution < 1.29 is 22.4 Å². The van der Waals surface area contributed by atoms with Gasteiger partial charge in [0.05, 0.1) is 29.0 Å². The Morgan fingerprint density at radius 2 is 2.12 bits per heavy atom. The molecule has 2 saturated heterocycles. The van der Waals surface area contributed by atoms with E-state index in [2.05, 4.69) is 15.3 Å². The zero-order valence-electron chi connectivity index (χ0n) is 13.6. The van der Waals surface area contributed by atoms with Crippen LogP contribution in [0.15, 0.2) is 41.6 Å². The van der Waals surface area contributed by atoms with Gasteiger partial charge < -0.3 is 14.6 Å². The third-order valence-corrected chi connectivity index (χ3v) is 7.11. The fraction of sp³-hybridized carbons (Fsp3) is 0.375. The molecule has 2 aromatic rings. The van der Waals surface area contributed by atoms with Crippen LogP contribution >= 0.6 is 0 Å². The summed E-state index contributed by atoms with van der Waals surface area (Å²) in [5, 5.41) is 2.08. The molecule has 0 saturated carbocycles. The number of likely N-dealkylation sites (tertiary alicyclic amines) is 1. The highest BCUT2D eigenvalue weighted by Crippen LogP contribution is 2.34. The number of amides is 2. The Balaban J connectivity index is 1.52. The normalized spacial score (nSPS) is 26.5. The quantitative estimate of drug-likeness (QED) is 0.783. The molecule has 26 heavy (non-hydrogen) atoms. The summed E-state index contributed by atoms with van der Waals surface area (Å²) in [6.07, 6.45) is 6.90. The van der Waals surface area contributed by atoms with Crippen molar-refractivity contribution in [2.75, 3.05) is 18.8 Å². The maximum absolute atomic E-state index is 12.5. The van der Waals surface area contributed by atoms with Gasteiger partial charge in [0, 0.05) is 37.4 Å². The van der Waals surface area contributed by atoms with E-state index >= 15 is 0 Å². The lowest BCUT2D eigenvalue weighted by atomic mass is 10.0. The van der Waals surface area contributed by atoms with Gasteiger partial charge in [-0.15, -0.1) is 0 Å². The molecule has 0 aliphatic carbocycles. The van der Waals surface area contributed by atoms with Gasteiger partial charge in [-0.1, -0.05) is 0 Å². The topological polar surface area (TPSA) is 122 Å². The van der Waals surface area contributed by atoms with Crippen LogP contribution in [-0.2, 0) is 9.84 Å². The lowest BCUT2D eigenvalue weighted by Crippen LogP contribution is -2.42. The highest BCUT2D eigenvalue weighted by atomic mass is 32.2. The Kier molecular flexibility index (Phi) is 3.98. The molecule has 136 valence electrons. The molecule has 1 N–H and O–H groups in total. The van der Waals surface area contributed by atoms with Crippen LogP contribution < -0.4 is 5.32 Å². The molecule has 2 aromatic heterocycles. The fourth-order valence-electron chi connectivity index (χ4n) is 3.59. The van der Waals surface area contributed by atoms with Crippen molar-refractivity contribution in [2.24, 2.45) is 5.92 Å². The van der Waals surface area contributed by atoms with Gasteiger partial charge >= 0.3 is 0 Å². The smallest absolute Gasteiger partial charge is 0.274 e. The molecule has 0 unspecified atom stereocenters. The zero-order valence-corrected chi connectivity index (χ0v) is 14.4. The molecule has 4 heterocycles. The van der Waals surface area contributed by atoms with Crippen molar-refractivity contribution in [2.45, 2.75) is 11.3 Å². The van der Waals surface area contributed by atoms with Crippen LogP contribution in [0.2, 0.25) is 0 Å². The largest absolute Gasteiger partial charge is 0.472 e. The summed E-state index contributed by atoms with van der Waals surface area (Å²) in [5.41, 5.74) is 0.500. The summed E-state index contributed by atoms with van der Waals surface area (Å²) in [6, 6.07) is 0.960. The Bertz CT molecular complexity index is 929. The molecule has 2 fully saturated rings. The molecule has 4 rings (SSSR count). The van der Waals surface area contributed by atoms with E-state index < -0.39 is 27.0 Å². The molecule has 2 aliphatic rings. The van der Waals surface area contributed by atoms with E-state index in [1.165, 1.54) is 42.1 Å². The molecular weight excluding hydrogens is 360 g/mol. The van der Waals surface area contributed by atoms with Gasteiger partial charge in [-0.05, 0) is 6.07 Å². The minimum Gasteiger partial charge on any atom is -0.472 e. The van der Waals surface area contributed by atoms with E-state index in [0.717, 1.165) is 0 Å². The second-order valence-electron chi connectivity index (χ2n) is 6.42. The number of rotatable bonds is 3. The first-order chi connectivity index (χ1) is 12.5. The van der Waals surface area contributed by atoms with Gasteiger partial charge in [0.15, 0.2) is 9.84 Å². The molecule has 10 heteroatoms. The number of carbonyl (C=O) groups excluding carboxylic acids is 2. The van der Waals surface area contributed by atoms with Gasteiger partial charge in [-0.2, -0.15) is 0 Å². The Morgan fingerprint density at radius 3 is 2.81 bits per heavy atom. The minimum atomic E-state index is -3.40. The third-order valence-electron chi connectivity index (χ3n) is 4.87. The third kappa shape index (κ3) is 2.85. The van der Waals surface area contributed by atoms with Gasteiger partial charge in [0.25, 0.3) is 11.8 Å². The molecule has 0 spiro atoms. The summed E-state index contributed by atoms with van der Waals surface area (Å²) >= 11 is 0. The number of nitrogens with zero attached hydrogens (tertiary/aromatic N) is 3. The van der Waals surface area contributed by atoms with Crippen LogP contribution in [0.3, 0.4) is 0 Å². The number of aromatic nitrogens is 2. The predicted molar refractivity (Wildman–Crippen MR) is 89.0 cm³/mol. The maximum Gasteiger partial charge on any atom is 0.274 e. The average molecular weight is 376 g/mol. The standard InChI is InChI=1S/C16H16N4O5S/c21-15(10-1-4-25-8-10)19-13-9-26(23,24)14-7-20(6-11(13)14)16(22)12-5-17-2-3-18-12/h1-5,8,11,13-14H,6-7,9H2,(H,19,21)/t11-,13+,14-/m0/s1.